The van der Waals surface area contributed by atoms with Crippen LogP contribution in [0, 0.1) is 18.8 Å². The summed E-state index contributed by atoms with van der Waals surface area (Å²) < 4.78 is 41.5. The number of carbonyl (C=O) groups is 2. The van der Waals surface area contributed by atoms with E-state index in [4.69, 9.17) is 17.3 Å². The smallest absolute Gasteiger partial charge is 0.384 e. The lowest BCUT2D eigenvalue weighted by atomic mass is 9.98. The van der Waals surface area contributed by atoms with Gasteiger partial charge in [-0.05, 0) is 61.6 Å². The highest BCUT2D eigenvalue weighted by molar-refractivity contribution is 6.31. The first-order valence-electron chi connectivity index (χ1n) is 13.3. The lowest BCUT2D eigenvalue weighted by molar-refractivity contribution is -0.138. The normalized spacial score (nSPS) is 15.8. The van der Waals surface area contributed by atoms with Crippen LogP contribution in [0.1, 0.15) is 57.7 Å². The molecule has 1 aliphatic heterocycles. The Morgan fingerprint density at radius 1 is 1.19 bits per heavy atom. The van der Waals surface area contributed by atoms with Gasteiger partial charge in [-0.3, -0.25) is 9.59 Å². The van der Waals surface area contributed by atoms with E-state index in [1.807, 2.05) is 6.92 Å². The second-order valence-electron chi connectivity index (χ2n) is 10.3. The number of hydrogen-bond acceptors (Lipinski definition) is 7. The number of anilines is 1. The van der Waals surface area contributed by atoms with Gasteiger partial charge >= 0.3 is 6.18 Å². The minimum Gasteiger partial charge on any atom is -0.384 e. The van der Waals surface area contributed by atoms with E-state index in [1.165, 1.54) is 19.3 Å². The van der Waals surface area contributed by atoms with Crippen molar-refractivity contribution in [3.05, 3.63) is 81.3 Å². The molecule has 0 aliphatic carbocycles. The van der Waals surface area contributed by atoms with E-state index >= 15 is 0 Å². The molecule has 43 heavy (non-hydrogen) atoms. The Morgan fingerprint density at radius 3 is 2.67 bits per heavy atom. The number of ketones is 1. The van der Waals surface area contributed by atoms with E-state index < -0.39 is 28.6 Å². The number of likely N-dealkylation sites (tertiary alicyclic amines) is 1. The van der Waals surface area contributed by atoms with Gasteiger partial charge in [0.05, 0.1) is 22.0 Å². The maximum atomic E-state index is 13.3. The number of aromatic nitrogens is 4. The molecular formula is C30H26ClF3N6O3. The molecule has 1 fully saturated rings. The highest BCUT2D eigenvalue weighted by Gasteiger charge is 2.34. The molecule has 9 nitrogen and oxygen atoms in total. The molecule has 4 aromatic rings. The van der Waals surface area contributed by atoms with Gasteiger partial charge in [0.15, 0.2) is 11.4 Å². The molecular weight excluding hydrogens is 585 g/mol. The molecule has 0 spiro atoms. The van der Waals surface area contributed by atoms with Crippen molar-refractivity contribution >= 4 is 40.1 Å². The predicted molar refractivity (Wildman–Crippen MR) is 153 cm³/mol. The quantitative estimate of drug-likeness (QED) is 0.254. The molecule has 1 amide bonds. The topological polar surface area (TPSA) is 127 Å². The van der Waals surface area contributed by atoms with Crippen LogP contribution < -0.4 is 5.73 Å². The van der Waals surface area contributed by atoms with Crippen LogP contribution in [-0.4, -0.2) is 60.6 Å². The Kier molecular flexibility index (Phi) is 8.14. The third-order valence-electron chi connectivity index (χ3n) is 7.27. The van der Waals surface area contributed by atoms with Crippen molar-refractivity contribution in [3.63, 3.8) is 0 Å². The number of rotatable bonds is 5. The summed E-state index contributed by atoms with van der Waals surface area (Å²) >= 11 is 5.69. The third-order valence-corrected chi connectivity index (χ3v) is 7.60. The fraction of sp³-hybridized carbons (Fsp3) is 0.300. The summed E-state index contributed by atoms with van der Waals surface area (Å²) in [6.07, 6.45) is -4.01. The number of aryl methyl sites for hydroxylation is 1. The molecule has 0 radical (unpaired) electrons. The van der Waals surface area contributed by atoms with Crippen LogP contribution in [0.4, 0.5) is 19.0 Å². The number of carbonyl (C=O) groups excluding carboxylic acids is 2. The molecule has 5 rings (SSSR count). The van der Waals surface area contributed by atoms with E-state index in [1.54, 1.807) is 27.8 Å². The van der Waals surface area contributed by atoms with Gasteiger partial charge in [-0.15, -0.1) is 0 Å². The van der Waals surface area contributed by atoms with E-state index in [0.717, 1.165) is 17.7 Å². The van der Waals surface area contributed by atoms with Crippen LogP contribution in [0.15, 0.2) is 42.7 Å². The molecule has 222 valence electrons. The lowest BCUT2D eigenvalue weighted by Gasteiger charge is -2.18. The molecule has 1 aliphatic rings. The van der Waals surface area contributed by atoms with Gasteiger partial charge < -0.3 is 15.7 Å². The summed E-state index contributed by atoms with van der Waals surface area (Å²) in [4.78, 5) is 35.2. The zero-order valence-electron chi connectivity index (χ0n) is 23.1. The van der Waals surface area contributed by atoms with Gasteiger partial charge in [-0.25, -0.2) is 14.6 Å². The van der Waals surface area contributed by atoms with Crippen molar-refractivity contribution in [1.82, 2.24) is 24.6 Å². The molecule has 0 saturated carbocycles. The maximum absolute atomic E-state index is 13.3. The molecule has 2 aromatic carbocycles. The van der Waals surface area contributed by atoms with Gasteiger partial charge in [0.25, 0.3) is 5.91 Å². The second kappa shape index (κ2) is 11.7. The Hall–Kier alpha value is -4.47. The molecule has 2 atom stereocenters. The Labute approximate surface area is 249 Å². The average Bonchev–Trinajstić information content (AvgIpc) is 3.58. The molecule has 0 bridgehead atoms. The third kappa shape index (κ3) is 6.18. The summed E-state index contributed by atoms with van der Waals surface area (Å²) in [6, 6.07) is 8.08. The first kappa shape index (κ1) is 30.0. The minimum atomic E-state index is -4.68. The number of benzene rings is 2. The van der Waals surface area contributed by atoms with Crippen molar-refractivity contribution in [2.45, 2.75) is 45.0 Å². The number of amides is 1. The lowest BCUT2D eigenvalue weighted by Crippen LogP contribution is -2.36. The van der Waals surface area contributed by atoms with Crippen LogP contribution in [0.2, 0.25) is 5.02 Å². The largest absolute Gasteiger partial charge is 0.417 e. The number of Topliss-reactive ketones (excluding diaryl/α,β-unsaturated/α-hetero) is 1. The second-order valence-corrected chi connectivity index (χ2v) is 10.8. The molecule has 2 aromatic heterocycles. The number of nitrogens with zero attached hydrogens (tertiary/aromatic N) is 5. The zero-order valence-corrected chi connectivity index (χ0v) is 23.9. The van der Waals surface area contributed by atoms with Crippen LogP contribution in [0.3, 0.4) is 0 Å². The van der Waals surface area contributed by atoms with E-state index in [9.17, 15) is 27.9 Å². The number of aliphatic hydroxyl groups is 1. The Balaban J connectivity index is 1.43. The van der Waals surface area contributed by atoms with Gasteiger partial charge in [0.2, 0.25) is 0 Å². The van der Waals surface area contributed by atoms with Gasteiger partial charge in [-0.1, -0.05) is 29.7 Å². The maximum Gasteiger partial charge on any atom is 0.417 e. The van der Waals surface area contributed by atoms with Gasteiger partial charge in [-0.2, -0.15) is 18.3 Å². The number of aliphatic hydroxyl groups excluding tert-OH is 1. The number of nitrogen functional groups attached to an aromatic ring is 1. The van der Waals surface area contributed by atoms with Crippen LogP contribution in [-0.2, 0) is 17.4 Å². The monoisotopic (exact) mass is 610 g/mol. The van der Waals surface area contributed by atoms with Crippen LogP contribution in [0.5, 0.6) is 0 Å². The van der Waals surface area contributed by atoms with Crippen LogP contribution >= 0.6 is 11.6 Å². The predicted octanol–water partition coefficient (Wildman–Crippen LogP) is 4.37. The van der Waals surface area contributed by atoms with E-state index in [0.29, 0.717) is 47.4 Å². The molecule has 1 saturated heterocycles. The van der Waals surface area contributed by atoms with Crippen molar-refractivity contribution in [2.75, 3.05) is 18.8 Å². The molecule has 13 heteroatoms. The highest BCUT2D eigenvalue weighted by Crippen LogP contribution is 2.35. The van der Waals surface area contributed by atoms with Crippen molar-refractivity contribution in [1.29, 1.82) is 0 Å². The number of fused-ring (bicyclic) bond motifs is 1. The number of nitrogens with two attached hydrogens (primary N) is 1. The standard InChI is InChI=1S/C30H26ClF3N6O3/c1-16-3-4-18(12-25(42)20-5-7-23(31)22(13-20)30(32,33)34)11-19(16)6-8-24-26-27(35)36-15-37-28(26)40(38-24)21-9-10-39(14-21)29(43)17(2)41/h3-5,7,11,13,15,17,21,41H,9-10,12,14H2,1-2H3,(H2,35,36,37)/t17-,21-/m1/s1. The zero-order chi connectivity index (χ0) is 31.1. The van der Waals surface area contributed by atoms with Crippen molar-refractivity contribution in [2.24, 2.45) is 0 Å². The number of alkyl halides is 3. The van der Waals surface area contributed by atoms with Gasteiger partial charge in [0, 0.05) is 30.6 Å². The van der Waals surface area contributed by atoms with E-state index in [-0.39, 0.29) is 29.8 Å². The Bertz CT molecular complexity index is 1810. The Morgan fingerprint density at radius 2 is 1.95 bits per heavy atom. The van der Waals surface area contributed by atoms with E-state index in [2.05, 4.69) is 26.9 Å². The van der Waals surface area contributed by atoms with Crippen molar-refractivity contribution in [3.8, 4) is 11.8 Å². The summed E-state index contributed by atoms with van der Waals surface area (Å²) in [7, 11) is 0. The minimum absolute atomic E-state index is 0.0990. The van der Waals surface area contributed by atoms with Crippen LogP contribution in [0.25, 0.3) is 11.0 Å². The highest BCUT2D eigenvalue weighted by atomic mass is 35.5. The SMILES string of the molecule is Cc1ccc(CC(=O)c2ccc(Cl)c(C(F)(F)F)c2)cc1C#Cc1nn([C@@H]2CCN(C(=O)[C@@H](C)O)C2)c2ncnc(N)c12. The summed E-state index contributed by atoms with van der Waals surface area (Å²) in [5, 5.41) is 14.3. The first-order valence-corrected chi connectivity index (χ1v) is 13.7. The molecule has 3 N–H and O–H groups in total. The summed E-state index contributed by atoms with van der Waals surface area (Å²) in [6.45, 7) is 4.06. The average molecular weight is 611 g/mol. The summed E-state index contributed by atoms with van der Waals surface area (Å²) in [5.41, 5.74) is 7.77. The fourth-order valence-corrected chi connectivity index (χ4v) is 5.21. The number of halogens is 4. The fourth-order valence-electron chi connectivity index (χ4n) is 4.99. The summed E-state index contributed by atoms with van der Waals surface area (Å²) in [5.74, 6) is 5.43. The van der Waals surface area contributed by atoms with Gasteiger partial charge in [0.1, 0.15) is 23.9 Å². The van der Waals surface area contributed by atoms with Crippen molar-refractivity contribution < 1.29 is 27.9 Å². The molecule has 0 unspecified atom stereocenters. The first-order chi connectivity index (χ1) is 20.3. The molecule has 3 heterocycles. The number of hydrogen-bond donors (Lipinski definition) is 2.